The molecule has 25 heavy (non-hydrogen) atoms. The van der Waals surface area contributed by atoms with Gasteiger partial charge >= 0.3 is 0 Å². The van der Waals surface area contributed by atoms with Crippen molar-refractivity contribution in [2.75, 3.05) is 19.0 Å². The molecular formula is C21H15N3O. The van der Waals surface area contributed by atoms with Crippen molar-refractivity contribution in [3.8, 4) is 12.1 Å². The van der Waals surface area contributed by atoms with E-state index in [0.717, 1.165) is 11.3 Å². The minimum Gasteiger partial charge on any atom is -0.378 e. The van der Waals surface area contributed by atoms with Gasteiger partial charge in [-0.3, -0.25) is 4.79 Å². The smallest absolute Gasteiger partial charge is 0.194 e. The lowest BCUT2D eigenvalue weighted by molar-refractivity contribution is 0.104. The number of anilines is 1. The maximum Gasteiger partial charge on any atom is 0.194 e. The summed E-state index contributed by atoms with van der Waals surface area (Å²) in [4.78, 5) is 14.8. The number of nitriles is 2. The molecule has 1 aliphatic rings. The number of carbonyl (C=O) groups is 1. The SMILES string of the molecule is CN(C)c1ccc(/C=C2\C(=O)c3ccccc3C2=C(C#N)C#N)cc1. The van der Waals surface area contributed by atoms with E-state index in [9.17, 15) is 15.3 Å². The third kappa shape index (κ3) is 2.82. The van der Waals surface area contributed by atoms with Gasteiger partial charge in [0.15, 0.2) is 5.78 Å². The molecule has 0 atom stereocenters. The van der Waals surface area contributed by atoms with Crippen LogP contribution in [0.15, 0.2) is 59.7 Å². The van der Waals surface area contributed by atoms with Crippen LogP contribution in [-0.4, -0.2) is 19.9 Å². The largest absolute Gasteiger partial charge is 0.378 e. The Morgan fingerprint density at radius 2 is 1.56 bits per heavy atom. The number of ketones is 1. The summed E-state index contributed by atoms with van der Waals surface area (Å²) in [5, 5.41) is 18.6. The predicted octanol–water partition coefficient (Wildman–Crippen LogP) is 3.83. The van der Waals surface area contributed by atoms with Gasteiger partial charge in [0, 0.05) is 36.5 Å². The van der Waals surface area contributed by atoms with Gasteiger partial charge in [-0.05, 0) is 29.3 Å². The van der Waals surface area contributed by atoms with Gasteiger partial charge in [0.05, 0.1) is 0 Å². The zero-order valence-corrected chi connectivity index (χ0v) is 13.9. The van der Waals surface area contributed by atoms with Gasteiger partial charge in [-0.25, -0.2) is 0 Å². The lowest BCUT2D eigenvalue weighted by Gasteiger charge is -2.12. The van der Waals surface area contributed by atoms with Crippen LogP contribution in [0.4, 0.5) is 5.69 Å². The Morgan fingerprint density at radius 3 is 2.12 bits per heavy atom. The maximum atomic E-state index is 12.8. The topological polar surface area (TPSA) is 67.9 Å². The van der Waals surface area contributed by atoms with Gasteiger partial charge in [-0.15, -0.1) is 0 Å². The fourth-order valence-corrected chi connectivity index (χ4v) is 2.88. The van der Waals surface area contributed by atoms with Crippen molar-refractivity contribution in [3.63, 3.8) is 0 Å². The van der Waals surface area contributed by atoms with E-state index in [1.54, 1.807) is 30.3 Å². The summed E-state index contributed by atoms with van der Waals surface area (Å²) < 4.78 is 0. The average Bonchev–Trinajstić information content (AvgIpc) is 2.90. The summed E-state index contributed by atoms with van der Waals surface area (Å²) in [5.74, 6) is -0.162. The van der Waals surface area contributed by atoms with Gasteiger partial charge in [0.2, 0.25) is 0 Å². The summed E-state index contributed by atoms with van der Waals surface area (Å²) in [7, 11) is 3.91. The molecule has 0 bridgehead atoms. The van der Waals surface area contributed by atoms with Gasteiger partial charge in [0.25, 0.3) is 0 Å². The van der Waals surface area contributed by atoms with E-state index in [2.05, 4.69) is 0 Å². The van der Waals surface area contributed by atoms with Crippen molar-refractivity contribution in [2.45, 2.75) is 0 Å². The first-order chi connectivity index (χ1) is 12.1. The summed E-state index contributed by atoms with van der Waals surface area (Å²) in [6, 6.07) is 18.6. The normalized spacial score (nSPS) is 14.0. The van der Waals surface area contributed by atoms with Crippen LogP contribution < -0.4 is 4.90 Å². The highest BCUT2D eigenvalue weighted by atomic mass is 16.1. The fourth-order valence-electron chi connectivity index (χ4n) is 2.88. The number of rotatable bonds is 2. The maximum absolute atomic E-state index is 12.8. The number of carbonyl (C=O) groups excluding carboxylic acids is 1. The van der Waals surface area contributed by atoms with Crippen molar-refractivity contribution < 1.29 is 4.79 Å². The van der Waals surface area contributed by atoms with Crippen molar-refractivity contribution in [1.82, 2.24) is 0 Å². The van der Waals surface area contributed by atoms with Gasteiger partial charge < -0.3 is 4.90 Å². The van der Waals surface area contributed by atoms with Crippen molar-refractivity contribution in [2.24, 2.45) is 0 Å². The molecule has 0 spiro atoms. The van der Waals surface area contributed by atoms with E-state index < -0.39 is 0 Å². The second-order valence-corrected chi connectivity index (χ2v) is 5.89. The highest BCUT2D eigenvalue weighted by molar-refractivity contribution is 6.29. The van der Waals surface area contributed by atoms with E-state index in [1.165, 1.54) is 0 Å². The fraction of sp³-hybridized carbons (Fsp3) is 0.0952. The summed E-state index contributed by atoms with van der Waals surface area (Å²) in [6.07, 6.45) is 1.74. The minimum absolute atomic E-state index is 0.0468. The van der Waals surface area contributed by atoms with Crippen LogP contribution in [0.2, 0.25) is 0 Å². The molecule has 0 fully saturated rings. The van der Waals surface area contributed by atoms with Crippen molar-refractivity contribution in [3.05, 3.63) is 76.4 Å². The van der Waals surface area contributed by atoms with Crippen LogP contribution in [0.5, 0.6) is 0 Å². The molecule has 0 aromatic heterocycles. The van der Waals surface area contributed by atoms with Crippen molar-refractivity contribution >= 4 is 23.1 Å². The molecule has 1 aliphatic carbocycles. The molecule has 120 valence electrons. The first kappa shape index (κ1) is 16.2. The summed E-state index contributed by atoms with van der Waals surface area (Å²) >= 11 is 0. The van der Waals surface area contributed by atoms with Crippen LogP contribution in [0.3, 0.4) is 0 Å². The Balaban J connectivity index is 2.18. The van der Waals surface area contributed by atoms with E-state index in [1.807, 2.05) is 55.4 Å². The van der Waals surface area contributed by atoms with Gasteiger partial charge in [-0.1, -0.05) is 36.4 Å². The Kier molecular flexibility index (Phi) is 4.20. The Hall–Kier alpha value is -3.63. The quantitative estimate of drug-likeness (QED) is 0.621. The number of nitrogens with zero attached hydrogens (tertiary/aromatic N) is 3. The molecule has 0 heterocycles. The second kappa shape index (κ2) is 6.47. The molecular weight excluding hydrogens is 310 g/mol. The molecule has 4 nitrogen and oxygen atoms in total. The third-order valence-corrected chi connectivity index (χ3v) is 4.15. The lowest BCUT2D eigenvalue weighted by Crippen LogP contribution is -2.07. The molecule has 3 rings (SSSR count). The van der Waals surface area contributed by atoms with Gasteiger partial charge in [0.1, 0.15) is 17.7 Å². The summed E-state index contributed by atoms with van der Waals surface area (Å²) in [5.41, 5.74) is 3.82. The number of hydrogen-bond donors (Lipinski definition) is 0. The summed E-state index contributed by atoms with van der Waals surface area (Å²) in [6.45, 7) is 0. The number of fused-ring (bicyclic) bond motifs is 1. The molecule has 2 aromatic carbocycles. The monoisotopic (exact) mass is 325 g/mol. The standard InChI is InChI=1S/C21H15N3O/c1-24(2)16-9-7-14(8-10-16)11-19-20(15(12-22)13-23)17-5-3-4-6-18(17)21(19)25/h3-11H,1-2H3/b19-11-. The zero-order chi connectivity index (χ0) is 18.0. The number of Topliss-reactive ketones (excluding diaryl/α,β-unsaturated/α-hetero) is 1. The molecule has 0 N–H and O–H groups in total. The first-order valence-electron chi connectivity index (χ1n) is 7.75. The van der Waals surface area contributed by atoms with Crippen LogP contribution in [0.25, 0.3) is 11.6 Å². The first-order valence-corrected chi connectivity index (χ1v) is 7.75. The van der Waals surface area contributed by atoms with Crippen molar-refractivity contribution in [1.29, 1.82) is 10.5 Å². The van der Waals surface area contributed by atoms with Crippen LogP contribution in [0, 0.1) is 22.7 Å². The molecule has 0 amide bonds. The highest BCUT2D eigenvalue weighted by Gasteiger charge is 2.32. The van der Waals surface area contributed by atoms with E-state index in [0.29, 0.717) is 22.3 Å². The number of benzene rings is 2. The Labute approximate surface area is 146 Å². The Bertz CT molecular complexity index is 981. The van der Waals surface area contributed by atoms with E-state index in [-0.39, 0.29) is 11.4 Å². The average molecular weight is 325 g/mol. The second-order valence-electron chi connectivity index (χ2n) is 5.89. The molecule has 0 radical (unpaired) electrons. The van der Waals surface area contributed by atoms with Crippen LogP contribution >= 0.6 is 0 Å². The van der Waals surface area contributed by atoms with Crippen LogP contribution in [0.1, 0.15) is 21.5 Å². The highest BCUT2D eigenvalue weighted by Crippen LogP contribution is 2.39. The minimum atomic E-state index is -0.162. The van der Waals surface area contributed by atoms with E-state index >= 15 is 0 Å². The van der Waals surface area contributed by atoms with Crippen LogP contribution in [-0.2, 0) is 0 Å². The molecule has 0 saturated carbocycles. The predicted molar refractivity (Wildman–Crippen MR) is 97.7 cm³/mol. The third-order valence-electron chi connectivity index (χ3n) is 4.15. The molecule has 2 aromatic rings. The van der Waals surface area contributed by atoms with E-state index in [4.69, 9.17) is 0 Å². The number of hydrogen-bond acceptors (Lipinski definition) is 4. The molecule has 0 aliphatic heterocycles. The molecule has 4 heteroatoms. The number of allylic oxidation sites excluding steroid dienone is 3. The zero-order valence-electron chi connectivity index (χ0n) is 13.9. The lowest BCUT2D eigenvalue weighted by atomic mass is 9.98. The van der Waals surface area contributed by atoms with Gasteiger partial charge in [-0.2, -0.15) is 10.5 Å². The Morgan fingerprint density at radius 1 is 0.960 bits per heavy atom. The molecule has 0 saturated heterocycles. The molecule has 0 unspecified atom stereocenters.